The van der Waals surface area contributed by atoms with E-state index >= 15 is 0 Å². The van der Waals surface area contributed by atoms with Crippen LogP contribution in [0.25, 0.3) is 55.0 Å². The summed E-state index contributed by atoms with van der Waals surface area (Å²) in [5, 5.41) is 4.63. The first-order valence-electron chi connectivity index (χ1n) is 14.3. The van der Waals surface area contributed by atoms with Crippen molar-refractivity contribution in [3.05, 3.63) is 164 Å². The van der Waals surface area contributed by atoms with Gasteiger partial charge < -0.3 is 9.32 Å². The number of hydrogen-bond donors (Lipinski definition) is 0. The maximum absolute atomic E-state index is 6.52. The Kier molecular flexibility index (Phi) is 5.82. The van der Waals surface area contributed by atoms with Gasteiger partial charge in [0.05, 0.1) is 11.4 Å². The Morgan fingerprint density at radius 3 is 1.64 bits per heavy atom. The van der Waals surface area contributed by atoms with Gasteiger partial charge >= 0.3 is 0 Å². The summed E-state index contributed by atoms with van der Waals surface area (Å²) >= 11 is 0. The number of hydrogen-bond acceptors (Lipinski definition) is 2. The van der Waals surface area contributed by atoms with Crippen molar-refractivity contribution in [1.29, 1.82) is 0 Å². The van der Waals surface area contributed by atoms with Crippen LogP contribution in [0.1, 0.15) is 0 Å². The topological polar surface area (TPSA) is 16.4 Å². The molecule has 0 aliphatic heterocycles. The number of rotatable bonds is 5. The van der Waals surface area contributed by atoms with E-state index in [1.807, 2.05) is 12.1 Å². The number of nitrogens with zero attached hydrogens (tertiary/aromatic N) is 1. The van der Waals surface area contributed by atoms with Crippen LogP contribution >= 0.6 is 0 Å². The smallest absolute Gasteiger partial charge is 0.159 e. The fourth-order valence-electron chi connectivity index (χ4n) is 6.01. The Bertz CT molecular complexity index is 2170. The van der Waals surface area contributed by atoms with Crippen molar-refractivity contribution in [2.45, 2.75) is 0 Å². The Morgan fingerprint density at radius 2 is 0.881 bits per heavy atom. The summed E-state index contributed by atoms with van der Waals surface area (Å²) < 4.78 is 6.52. The molecule has 1 aromatic heterocycles. The fourth-order valence-corrected chi connectivity index (χ4v) is 6.01. The summed E-state index contributed by atoms with van der Waals surface area (Å²) in [4.78, 5) is 2.33. The van der Waals surface area contributed by atoms with Gasteiger partial charge in [-0.25, -0.2) is 0 Å². The molecule has 0 bridgehead atoms. The van der Waals surface area contributed by atoms with Crippen molar-refractivity contribution >= 4 is 49.8 Å². The molecular weight excluding hydrogens is 510 g/mol. The minimum atomic E-state index is 0.882. The highest BCUT2D eigenvalue weighted by atomic mass is 16.3. The van der Waals surface area contributed by atoms with E-state index in [1.165, 1.54) is 33.0 Å². The first kappa shape index (κ1) is 24.2. The Labute approximate surface area is 244 Å². The van der Waals surface area contributed by atoms with Gasteiger partial charge in [0, 0.05) is 21.8 Å². The Balaban J connectivity index is 1.27. The molecule has 0 aliphatic rings. The summed E-state index contributed by atoms with van der Waals surface area (Å²) in [6.45, 7) is 0. The maximum atomic E-state index is 6.52. The van der Waals surface area contributed by atoms with E-state index in [9.17, 15) is 0 Å². The summed E-state index contributed by atoms with van der Waals surface area (Å²) in [6, 6.07) is 57.9. The highest BCUT2D eigenvalue weighted by Crippen LogP contribution is 2.44. The van der Waals surface area contributed by atoms with Crippen LogP contribution in [0.4, 0.5) is 17.1 Å². The van der Waals surface area contributed by atoms with Gasteiger partial charge in [0.2, 0.25) is 0 Å². The van der Waals surface area contributed by atoms with E-state index in [-0.39, 0.29) is 0 Å². The van der Waals surface area contributed by atoms with Gasteiger partial charge in [0.25, 0.3) is 0 Å². The summed E-state index contributed by atoms with van der Waals surface area (Å²) in [5.74, 6) is 0. The second kappa shape index (κ2) is 10.1. The Morgan fingerprint density at radius 1 is 0.357 bits per heavy atom. The second-order valence-electron chi connectivity index (χ2n) is 10.6. The molecule has 0 saturated heterocycles. The first-order chi connectivity index (χ1) is 20.8. The average molecular weight is 538 g/mol. The lowest BCUT2D eigenvalue weighted by molar-refractivity contribution is 0.669. The molecule has 8 rings (SSSR count). The minimum absolute atomic E-state index is 0.882. The lowest BCUT2D eigenvalue weighted by Crippen LogP contribution is -2.10. The van der Waals surface area contributed by atoms with E-state index in [4.69, 9.17) is 4.42 Å². The largest absolute Gasteiger partial charge is 0.454 e. The molecule has 0 saturated carbocycles. The fraction of sp³-hybridized carbons (Fsp3) is 0. The molecule has 7 aromatic carbocycles. The van der Waals surface area contributed by atoms with Crippen molar-refractivity contribution in [3.63, 3.8) is 0 Å². The van der Waals surface area contributed by atoms with E-state index in [1.54, 1.807) is 0 Å². The molecule has 0 unspecified atom stereocenters. The quantitative estimate of drug-likeness (QED) is 0.217. The van der Waals surface area contributed by atoms with Crippen molar-refractivity contribution < 1.29 is 4.42 Å². The predicted molar refractivity (Wildman–Crippen MR) is 177 cm³/mol. The van der Waals surface area contributed by atoms with Gasteiger partial charge in [-0.05, 0) is 58.0 Å². The van der Waals surface area contributed by atoms with Crippen molar-refractivity contribution in [2.75, 3.05) is 4.90 Å². The van der Waals surface area contributed by atoms with E-state index in [0.717, 1.165) is 39.0 Å². The van der Waals surface area contributed by atoms with Crippen LogP contribution in [-0.2, 0) is 0 Å². The van der Waals surface area contributed by atoms with E-state index in [0.29, 0.717) is 0 Å². The molecule has 42 heavy (non-hydrogen) atoms. The van der Waals surface area contributed by atoms with Crippen LogP contribution in [0.5, 0.6) is 0 Å². The summed E-state index contributed by atoms with van der Waals surface area (Å²) in [5.41, 5.74) is 9.79. The molecule has 0 N–H and O–H groups in total. The monoisotopic (exact) mass is 537 g/mol. The van der Waals surface area contributed by atoms with Crippen LogP contribution in [0.3, 0.4) is 0 Å². The van der Waals surface area contributed by atoms with Gasteiger partial charge in [-0.2, -0.15) is 0 Å². The van der Waals surface area contributed by atoms with Gasteiger partial charge in [-0.15, -0.1) is 0 Å². The molecular formula is C40H27NO. The van der Waals surface area contributed by atoms with Crippen LogP contribution in [0.15, 0.2) is 168 Å². The number of fused-ring (bicyclic) bond motifs is 4. The number of anilines is 3. The zero-order valence-electron chi connectivity index (χ0n) is 22.9. The molecule has 0 fully saturated rings. The molecule has 0 aliphatic carbocycles. The van der Waals surface area contributed by atoms with Gasteiger partial charge in [0.1, 0.15) is 5.58 Å². The first-order valence-corrected chi connectivity index (χ1v) is 14.3. The second-order valence-corrected chi connectivity index (χ2v) is 10.6. The van der Waals surface area contributed by atoms with E-state index < -0.39 is 0 Å². The standard InChI is InChI=1S/C40H27NO/c1-2-10-28(11-3-1)29-20-22-30(23-21-29)31-24-26-33(27-25-31)41(37-17-8-13-32-12-4-5-14-34(32)37)38-18-9-16-36-35-15-6-7-19-39(35)42-40(36)38/h1-27H. The molecule has 0 radical (unpaired) electrons. The maximum Gasteiger partial charge on any atom is 0.159 e. The lowest BCUT2D eigenvalue weighted by atomic mass is 10.00. The third-order valence-corrected chi connectivity index (χ3v) is 8.08. The third kappa shape index (κ3) is 4.13. The zero-order chi connectivity index (χ0) is 27.9. The predicted octanol–water partition coefficient (Wildman–Crippen LogP) is 11.5. The summed E-state index contributed by atoms with van der Waals surface area (Å²) in [7, 11) is 0. The summed E-state index contributed by atoms with van der Waals surface area (Å²) in [6.07, 6.45) is 0. The molecule has 2 heteroatoms. The normalized spacial score (nSPS) is 11.3. The number of furan rings is 1. The van der Waals surface area contributed by atoms with Crippen molar-refractivity contribution in [2.24, 2.45) is 0 Å². The van der Waals surface area contributed by atoms with Crippen LogP contribution < -0.4 is 4.90 Å². The highest BCUT2D eigenvalue weighted by Gasteiger charge is 2.20. The number of para-hydroxylation sites is 2. The molecule has 8 aromatic rings. The van der Waals surface area contributed by atoms with Gasteiger partial charge in [-0.1, -0.05) is 133 Å². The molecule has 0 amide bonds. The van der Waals surface area contributed by atoms with Crippen molar-refractivity contribution in [3.8, 4) is 22.3 Å². The van der Waals surface area contributed by atoms with Gasteiger partial charge in [0.15, 0.2) is 5.58 Å². The molecule has 1 heterocycles. The van der Waals surface area contributed by atoms with Crippen LogP contribution in [0, 0.1) is 0 Å². The molecule has 0 spiro atoms. The molecule has 2 nitrogen and oxygen atoms in total. The number of benzene rings is 7. The van der Waals surface area contributed by atoms with Crippen LogP contribution in [-0.4, -0.2) is 0 Å². The van der Waals surface area contributed by atoms with Crippen molar-refractivity contribution in [1.82, 2.24) is 0 Å². The van der Waals surface area contributed by atoms with Gasteiger partial charge in [-0.3, -0.25) is 0 Å². The average Bonchev–Trinajstić information content (AvgIpc) is 3.45. The zero-order valence-corrected chi connectivity index (χ0v) is 22.9. The molecule has 198 valence electrons. The Hall–Kier alpha value is -5.60. The third-order valence-electron chi connectivity index (χ3n) is 8.08. The van der Waals surface area contributed by atoms with E-state index in [2.05, 4.69) is 157 Å². The molecule has 0 atom stereocenters. The van der Waals surface area contributed by atoms with Crippen LogP contribution in [0.2, 0.25) is 0 Å². The lowest BCUT2D eigenvalue weighted by Gasteiger charge is -2.27. The SMILES string of the molecule is c1ccc(-c2ccc(-c3ccc(N(c4cccc5ccccc45)c4cccc5c4oc4ccccc45)cc3)cc2)cc1. The highest BCUT2D eigenvalue weighted by molar-refractivity contribution is 6.11. The minimum Gasteiger partial charge on any atom is -0.454 e.